The van der Waals surface area contributed by atoms with Crippen LogP contribution in [0.25, 0.3) is 0 Å². The fraction of sp³-hybridized carbons (Fsp3) is 0.312. The Kier molecular flexibility index (Phi) is 3.79. The Bertz CT molecular complexity index is 713. The van der Waals surface area contributed by atoms with Crippen molar-refractivity contribution < 1.29 is 4.79 Å². The summed E-state index contributed by atoms with van der Waals surface area (Å²) in [7, 11) is 0. The first-order valence-corrected chi connectivity index (χ1v) is 7.23. The van der Waals surface area contributed by atoms with Gasteiger partial charge in [-0.15, -0.1) is 0 Å². The smallest absolute Gasteiger partial charge is 0.222 e. The molecule has 1 aliphatic heterocycles. The van der Waals surface area contributed by atoms with Crippen LogP contribution in [0.4, 0.5) is 11.5 Å². The highest BCUT2D eigenvalue weighted by atomic mass is 16.1. The van der Waals surface area contributed by atoms with Crippen molar-refractivity contribution in [3.63, 3.8) is 0 Å². The minimum atomic E-state index is -0.115. The predicted molar refractivity (Wildman–Crippen MR) is 83.6 cm³/mol. The van der Waals surface area contributed by atoms with Crippen LogP contribution in [0.2, 0.25) is 0 Å². The molecule has 1 atom stereocenters. The van der Waals surface area contributed by atoms with Crippen molar-refractivity contribution in [2.45, 2.75) is 19.4 Å². The third kappa shape index (κ3) is 2.93. The maximum atomic E-state index is 11.0. The molecule has 3 rings (SSSR count). The summed E-state index contributed by atoms with van der Waals surface area (Å²) in [5.41, 5.74) is 1.79. The highest BCUT2D eigenvalue weighted by Crippen LogP contribution is 2.27. The molecule has 22 heavy (non-hydrogen) atoms. The highest BCUT2D eigenvalue weighted by molar-refractivity contribution is 5.87. The van der Waals surface area contributed by atoms with Gasteiger partial charge in [-0.3, -0.25) is 9.48 Å². The molecule has 2 heterocycles. The normalized spacial score (nSPS) is 17.3. The first-order valence-electron chi connectivity index (χ1n) is 7.23. The van der Waals surface area contributed by atoms with Gasteiger partial charge in [-0.2, -0.15) is 10.4 Å². The van der Waals surface area contributed by atoms with Crippen LogP contribution in [-0.4, -0.2) is 28.8 Å². The van der Waals surface area contributed by atoms with E-state index >= 15 is 0 Å². The Labute approximate surface area is 129 Å². The molecule has 0 spiro atoms. The molecular formula is C16H17N5O. The Balaban J connectivity index is 1.67. The Morgan fingerprint density at radius 1 is 1.36 bits per heavy atom. The molecule has 6 nitrogen and oxygen atoms in total. The van der Waals surface area contributed by atoms with E-state index in [2.05, 4.69) is 21.4 Å². The number of amides is 1. The standard InChI is InChI=1S/C16H17N5O/c1-12(22)18-16-7-9-21(19-16)15-6-8-20(11-15)14-4-2-13(10-17)3-5-14/h2-5,7,9,15H,6,8,11H2,1H3,(H,18,19,22). The summed E-state index contributed by atoms with van der Waals surface area (Å²) in [5, 5.41) is 15.9. The van der Waals surface area contributed by atoms with Gasteiger partial charge >= 0.3 is 0 Å². The molecule has 1 aliphatic rings. The molecule has 1 fully saturated rings. The van der Waals surface area contributed by atoms with E-state index in [-0.39, 0.29) is 11.9 Å². The fourth-order valence-electron chi connectivity index (χ4n) is 2.73. The maximum Gasteiger partial charge on any atom is 0.222 e. The van der Waals surface area contributed by atoms with Crippen LogP contribution >= 0.6 is 0 Å². The van der Waals surface area contributed by atoms with E-state index in [4.69, 9.17) is 5.26 Å². The zero-order valence-corrected chi connectivity index (χ0v) is 12.4. The number of carbonyl (C=O) groups excluding carboxylic acids is 1. The summed E-state index contributed by atoms with van der Waals surface area (Å²) < 4.78 is 1.91. The summed E-state index contributed by atoms with van der Waals surface area (Å²) in [6.07, 6.45) is 2.90. The number of carbonyl (C=O) groups is 1. The summed E-state index contributed by atoms with van der Waals surface area (Å²) in [6, 6.07) is 11.9. The van der Waals surface area contributed by atoms with Gasteiger partial charge in [0.05, 0.1) is 17.7 Å². The van der Waals surface area contributed by atoms with Crippen molar-refractivity contribution in [1.29, 1.82) is 5.26 Å². The van der Waals surface area contributed by atoms with Gasteiger partial charge in [-0.25, -0.2) is 0 Å². The van der Waals surface area contributed by atoms with Gasteiger partial charge in [0, 0.05) is 38.0 Å². The van der Waals surface area contributed by atoms with E-state index in [9.17, 15) is 4.79 Å². The number of nitriles is 1. The molecule has 0 saturated carbocycles. The molecule has 1 amide bonds. The molecule has 112 valence electrons. The van der Waals surface area contributed by atoms with Gasteiger partial charge < -0.3 is 10.2 Å². The first kappa shape index (κ1) is 14.1. The minimum absolute atomic E-state index is 0.115. The molecule has 1 saturated heterocycles. The molecule has 1 unspecified atom stereocenters. The molecule has 1 N–H and O–H groups in total. The number of nitrogens with zero attached hydrogens (tertiary/aromatic N) is 4. The van der Waals surface area contributed by atoms with E-state index in [1.165, 1.54) is 6.92 Å². The second-order valence-corrected chi connectivity index (χ2v) is 5.41. The second-order valence-electron chi connectivity index (χ2n) is 5.41. The van der Waals surface area contributed by atoms with E-state index in [0.29, 0.717) is 11.4 Å². The average Bonchev–Trinajstić information content (AvgIpc) is 3.15. The minimum Gasteiger partial charge on any atom is -0.369 e. The zero-order chi connectivity index (χ0) is 15.5. The lowest BCUT2D eigenvalue weighted by atomic mass is 10.2. The lowest BCUT2D eigenvalue weighted by Gasteiger charge is -2.18. The lowest BCUT2D eigenvalue weighted by Crippen LogP contribution is -2.21. The van der Waals surface area contributed by atoms with E-state index in [1.54, 1.807) is 0 Å². The van der Waals surface area contributed by atoms with E-state index < -0.39 is 0 Å². The summed E-state index contributed by atoms with van der Waals surface area (Å²) in [4.78, 5) is 13.3. The van der Waals surface area contributed by atoms with Gasteiger partial charge in [0.15, 0.2) is 5.82 Å². The Hall–Kier alpha value is -2.81. The largest absolute Gasteiger partial charge is 0.369 e. The van der Waals surface area contributed by atoms with Crippen LogP contribution in [0.5, 0.6) is 0 Å². The number of benzene rings is 1. The number of anilines is 2. The van der Waals surface area contributed by atoms with Crippen LogP contribution in [0.1, 0.15) is 24.9 Å². The van der Waals surface area contributed by atoms with Gasteiger partial charge in [-0.1, -0.05) is 0 Å². The molecule has 0 aliphatic carbocycles. The number of hydrogen-bond donors (Lipinski definition) is 1. The van der Waals surface area contributed by atoms with Crippen molar-refractivity contribution in [2.75, 3.05) is 23.3 Å². The maximum absolute atomic E-state index is 11.0. The average molecular weight is 295 g/mol. The summed E-state index contributed by atoms with van der Waals surface area (Å²) in [6.45, 7) is 3.29. The van der Waals surface area contributed by atoms with Crippen molar-refractivity contribution in [2.24, 2.45) is 0 Å². The van der Waals surface area contributed by atoms with Gasteiger partial charge in [0.2, 0.25) is 5.91 Å². The molecule has 6 heteroatoms. The molecule has 0 radical (unpaired) electrons. The fourth-order valence-corrected chi connectivity index (χ4v) is 2.73. The van der Waals surface area contributed by atoms with Crippen LogP contribution in [-0.2, 0) is 4.79 Å². The number of nitrogens with one attached hydrogen (secondary N) is 1. The topological polar surface area (TPSA) is 74.0 Å². The number of rotatable bonds is 3. The van der Waals surface area contributed by atoms with E-state index in [1.807, 2.05) is 41.2 Å². The number of hydrogen-bond acceptors (Lipinski definition) is 4. The lowest BCUT2D eigenvalue weighted by molar-refractivity contribution is -0.114. The van der Waals surface area contributed by atoms with Crippen LogP contribution in [0.3, 0.4) is 0 Å². The molecular weight excluding hydrogens is 278 g/mol. The van der Waals surface area contributed by atoms with Gasteiger partial charge in [-0.05, 0) is 30.7 Å². The number of aromatic nitrogens is 2. The monoisotopic (exact) mass is 295 g/mol. The van der Waals surface area contributed by atoms with Crippen LogP contribution in [0, 0.1) is 11.3 Å². The molecule has 1 aromatic heterocycles. The summed E-state index contributed by atoms with van der Waals surface area (Å²) in [5.74, 6) is 0.472. The molecule has 2 aromatic rings. The molecule has 0 bridgehead atoms. The first-order chi connectivity index (χ1) is 10.7. The van der Waals surface area contributed by atoms with E-state index in [0.717, 1.165) is 25.2 Å². The van der Waals surface area contributed by atoms with Crippen molar-refractivity contribution in [3.8, 4) is 6.07 Å². The SMILES string of the molecule is CC(=O)Nc1ccn(C2CCN(c3ccc(C#N)cc3)C2)n1. The third-order valence-corrected chi connectivity index (χ3v) is 3.81. The van der Waals surface area contributed by atoms with Crippen LogP contribution in [0.15, 0.2) is 36.5 Å². The Morgan fingerprint density at radius 3 is 2.82 bits per heavy atom. The Morgan fingerprint density at radius 2 is 2.14 bits per heavy atom. The highest BCUT2D eigenvalue weighted by Gasteiger charge is 2.24. The van der Waals surface area contributed by atoms with Gasteiger partial charge in [0.25, 0.3) is 0 Å². The zero-order valence-electron chi connectivity index (χ0n) is 12.4. The van der Waals surface area contributed by atoms with Crippen molar-refractivity contribution >= 4 is 17.4 Å². The third-order valence-electron chi connectivity index (χ3n) is 3.81. The molecule has 1 aromatic carbocycles. The predicted octanol–water partition coefficient (Wildman–Crippen LogP) is 2.16. The van der Waals surface area contributed by atoms with Gasteiger partial charge in [0.1, 0.15) is 0 Å². The second kappa shape index (κ2) is 5.90. The van der Waals surface area contributed by atoms with Crippen LogP contribution < -0.4 is 10.2 Å². The van der Waals surface area contributed by atoms with Crippen molar-refractivity contribution in [1.82, 2.24) is 9.78 Å². The van der Waals surface area contributed by atoms with Crippen molar-refractivity contribution in [3.05, 3.63) is 42.1 Å². The summed E-state index contributed by atoms with van der Waals surface area (Å²) >= 11 is 0. The quantitative estimate of drug-likeness (QED) is 0.941.